The molecule has 0 atom stereocenters. The predicted octanol–water partition coefficient (Wildman–Crippen LogP) is 4.14. The van der Waals surface area contributed by atoms with E-state index < -0.39 is 5.67 Å². The average Bonchev–Trinajstić information content (AvgIpc) is 2.38. The molecule has 1 saturated carbocycles. The lowest BCUT2D eigenvalue weighted by Crippen LogP contribution is -2.38. The Morgan fingerprint density at radius 1 is 1.16 bits per heavy atom. The van der Waals surface area contributed by atoms with Crippen LogP contribution in [0.5, 0.6) is 0 Å². The standard InChI is InChI=1S/C17H26FN/c1-16(2,18)12-14-8-4-5-9-15(14)17(13-19)10-6-3-7-11-17/h4-5,8-9H,3,6-7,10-13,19H2,1-2H3. The maximum absolute atomic E-state index is 14.0. The van der Waals surface area contributed by atoms with Crippen LogP contribution in [0.2, 0.25) is 0 Å². The van der Waals surface area contributed by atoms with Crippen LogP contribution in [-0.4, -0.2) is 12.2 Å². The van der Waals surface area contributed by atoms with E-state index in [4.69, 9.17) is 5.73 Å². The second-order valence-electron chi connectivity index (χ2n) is 6.60. The normalized spacial score (nSPS) is 19.4. The highest BCUT2D eigenvalue weighted by Crippen LogP contribution is 2.40. The summed E-state index contributed by atoms with van der Waals surface area (Å²) >= 11 is 0. The van der Waals surface area contributed by atoms with Crippen molar-refractivity contribution in [3.8, 4) is 0 Å². The van der Waals surface area contributed by atoms with Crippen LogP contribution < -0.4 is 5.73 Å². The Balaban J connectivity index is 2.37. The topological polar surface area (TPSA) is 26.0 Å². The molecular formula is C17H26FN. The fourth-order valence-electron chi connectivity index (χ4n) is 3.46. The highest BCUT2D eigenvalue weighted by Gasteiger charge is 2.34. The molecule has 1 aromatic rings. The molecular weight excluding hydrogens is 237 g/mol. The highest BCUT2D eigenvalue weighted by molar-refractivity contribution is 5.36. The molecule has 1 nitrogen and oxygen atoms in total. The number of hydrogen-bond donors (Lipinski definition) is 1. The van der Waals surface area contributed by atoms with Crippen molar-refractivity contribution in [1.82, 2.24) is 0 Å². The number of halogens is 1. The molecule has 0 amide bonds. The van der Waals surface area contributed by atoms with Crippen molar-refractivity contribution in [2.75, 3.05) is 6.54 Å². The van der Waals surface area contributed by atoms with E-state index in [-0.39, 0.29) is 5.41 Å². The van der Waals surface area contributed by atoms with Gasteiger partial charge in [-0.25, -0.2) is 4.39 Å². The molecule has 0 aliphatic heterocycles. The van der Waals surface area contributed by atoms with Gasteiger partial charge < -0.3 is 5.73 Å². The van der Waals surface area contributed by atoms with Crippen molar-refractivity contribution in [2.45, 2.75) is 63.5 Å². The zero-order chi connectivity index (χ0) is 13.9. The molecule has 106 valence electrons. The Bertz CT molecular complexity index is 414. The first kappa shape index (κ1) is 14.5. The maximum Gasteiger partial charge on any atom is 0.109 e. The van der Waals surface area contributed by atoms with E-state index in [2.05, 4.69) is 18.2 Å². The van der Waals surface area contributed by atoms with Gasteiger partial charge in [0.25, 0.3) is 0 Å². The van der Waals surface area contributed by atoms with Gasteiger partial charge in [0, 0.05) is 18.4 Å². The summed E-state index contributed by atoms with van der Waals surface area (Å²) in [5.41, 5.74) is 7.46. The van der Waals surface area contributed by atoms with Crippen molar-refractivity contribution in [3.63, 3.8) is 0 Å². The zero-order valence-electron chi connectivity index (χ0n) is 12.2. The summed E-state index contributed by atoms with van der Waals surface area (Å²) in [7, 11) is 0. The van der Waals surface area contributed by atoms with Crippen LogP contribution in [0.15, 0.2) is 24.3 Å². The molecule has 1 aromatic carbocycles. The van der Waals surface area contributed by atoms with Gasteiger partial charge in [-0.05, 0) is 37.8 Å². The zero-order valence-corrected chi connectivity index (χ0v) is 12.2. The second kappa shape index (κ2) is 5.62. The summed E-state index contributed by atoms with van der Waals surface area (Å²) in [6, 6.07) is 8.32. The van der Waals surface area contributed by atoms with Crippen LogP contribution in [-0.2, 0) is 11.8 Å². The van der Waals surface area contributed by atoms with Crippen LogP contribution in [0.3, 0.4) is 0 Å². The highest BCUT2D eigenvalue weighted by atomic mass is 19.1. The molecule has 1 aliphatic rings. The van der Waals surface area contributed by atoms with E-state index in [1.54, 1.807) is 13.8 Å². The molecule has 0 saturated heterocycles. The van der Waals surface area contributed by atoms with Crippen molar-refractivity contribution in [2.24, 2.45) is 5.73 Å². The van der Waals surface area contributed by atoms with Gasteiger partial charge in [0.2, 0.25) is 0 Å². The lowest BCUT2D eigenvalue weighted by Gasteiger charge is -2.38. The summed E-state index contributed by atoms with van der Waals surface area (Å²) in [4.78, 5) is 0. The SMILES string of the molecule is CC(C)(F)Cc1ccccc1C1(CN)CCCCC1. The van der Waals surface area contributed by atoms with E-state index >= 15 is 0 Å². The van der Waals surface area contributed by atoms with Crippen molar-refractivity contribution >= 4 is 0 Å². The Hall–Kier alpha value is -0.890. The number of hydrogen-bond acceptors (Lipinski definition) is 1. The molecule has 0 radical (unpaired) electrons. The first-order valence-electron chi connectivity index (χ1n) is 7.44. The van der Waals surface area contributed by atoms with E-state index in [0.29, 0.717) is 13.0 Å². The first-order valence-corrected chi connectivity index (χ1v) is 7.44. The van der Waals surface area contributed by atoms with Gasteiger partial charge in [-0.1, -0.05) is 43.5 Å². The molecule has 0 aromatic heterocycles. The predicted molar refractivity (Wildman–Crippen MR) is 79.2 cm³/mol. The van der Waals surface area contributed by atoms with Crippen LogP contribution in [0.4, 0.5) is 4.39 Å². The minimum atomic E-state index is -1.17. The molecule has 2 rings (SSSR count). The summed E-state index contributed by atoms with van der Waals surface area (Å²) in [6.45, 7) is 3.98. The minimum absolute atomic E-state index is 0.0834. The minimum Gasteiger partial charge on any atom is -0.330 e. The lowest BCUT2D eigenvalue weighted by atomic mass is 9.67. The fraction of sp³-hybridized carbons (Fsp3) is 0.647. The number of nitrogens with two attached hydrogens (primary N) is 1. The van der Waals surface area contributed by atoms with Crippen LogP contribution in [0.25, 0.3) is 0 Å². The molecule has 19 heavy (non-hydrogen) atoms. The van der Waals surface area contributed by atoms with Crippen LogP contribution in [0.1, 0.15) is 57.1 Å². The Kier molecular flexibility index (Phi) is 4.29. The van der Waals surface area contributed by atoms with Crippen molar-refractivity contribution in [1.29, 1.82) is 0 Å². The van der Waals surface area contributed by atoms with Gasteiger partial charge >= 0.3 is 0 Å². The Morgan fingerprint density at radius 3 is 2.37 bits per heavy atom. The quantitative estimate of drug-likeness (QED) is 0.868. The lowest BCUT2D eigenvalue weighted by molar-refractivity contribution is 0.214. The first-order chi connectivity index (χ1) is 8.97. The molecule has 1 aliphatic carbocycles. The van der Waals surface area contributed by atoms with Crippen molar-refractivity contribution in [3.05, 3.63) is 35.4 Å². The van der Waals surface area contributed by atoms with Crippen LogP contribution >= 0.6 is 0 Å². The molecule has 0 spiro atoms. The molecule has 0 bridgehead atoms. The largest absolute Gasteiger partial charge is 0.330 e. The van der Waals surface area contributed by atoms with Gasteiger partial charge in [-0.2, -0.15) is 0 Å². The molecule has 1 fully saturated rings. The van der Waals surface area contributed by atoms with Gasteiger partial charge in [0.15, 0.2) is 0 Å². The average molecular weight is 263 g/mol. The summed E-state index contributed by atoms with van der Waals surface area (Å²) in [6.07, 6.45) is 6.55. The maximum atomic E-state index is 14.0. The van der Waals surface area contributed by atoms with E-state index in [1.807, 2.05) is 6.07 Å². The van der Waals surface area contributed by atoms with Gasteiger partial charge in [0.05, 0.1) is 0 Å². The number of benzene rings is 1. The molecule has 2 N–H and O–H groups in total. The smallest absolute Gasteiger partial charge is 0.109 e. The Morgan fingerprint density at radius 2 is 1.79 bits per heavy atom. The summed E-state index contributed by atoms with van der Waals surface area (Å²) in [5.74, 6) is 0. The fourth-order valence-corrected chi connectivity index (χ4v) is 3.46. The molecule has 0 unspecified atom stereocenters. The number of rotatable bonds is 4. The molecule has 2 heteroatoms. The van der Waals surface area contributed by atoms with E-state index in [9.17, 15) is 4.39 Å². The van der Waals surface area contributed by atoms with Crippen LogP contribution in [0, 0.1) is 0 Å². The summed E-state index contributed by atoms with van der Waals surface area (Å²) < 4.78 is 14.0. The van der Waals surface area contributed by atoms with E-state index in [1.165, 1.54) is 24.8 Å². The van der Waals surface area contributed by atoms with Gasteiger partial charge in [-0.3, -0.25) is 0 Å². The third kappa shape index (κ3) is 3.36. The third-order valence-electron chi connectivity index (χ3n) is 4.40. The Labute approximate surface area is 116 Å². The van der Waals surface area contributed by atoms with E-state index in [0.717, 1.165) is 18.4 Å². The van der Waals surface area contributed by atoms with Gasteiger partial charge in [-0.15, -0.1) is 0 Å². The second-order valence-corrected chi connectivity index (χ2v) is 6.60. The number of alkyl halides is 1. The van der Waals surface area contributed by atoms with Crippen molar-refractivity contribution < 1.29 is 4.39 Å². The third-order valence-corrected chi connectivity index (χ3v) is 4.40. The summed E-state index contributed by atoms with van der Waals surface area (Å²) in [5, 5.41) is 0. The van der Waals surface area contributed by atoms with Gasteiger partial charge in [0.1, 0.15) is 5.67 Å². The monoisotopic (exact) mass is 263 g/mol. The molecule has 0 heterocycles.